The highest BCUT2D eigenvalue weighted by molar-refractivity contribution is 7.92. The van der Waals surface area contributed by atoms with Crippen LogP contribution in [-0.2, 0) is 17.1 Å². The molecule has 0 atom stereocenters. The lowest BCUT2D eigenvalue weighted by Crippen LogP contribution is -2.20. The van der Waals surface area contributed by atoms with Gasteiger partial charge in [0, 0.05) is 18.8 Å². The Balaban J connectivity index is 2.12. The van der Waals surface area contributed by atoms with Crippen LogP contribution in [0.25, 0.3) is 0 Å². The number of nitrogens with zero attached hydrogens (tertiary/aromatic N) is 2. The number of benzene rings is 1. The van der Waals surface area contributed by atoms with Gasteiger partial charge in [-0.25, -0.2) is 13.2 Å². The van der Waals surface area contributed by atoms with Crippen LogP contribution in [-0.4, -0.2) is 37.1 Å². The number of ether oxygens (including phenoxy) is 1. The Hall–Kier alpha value is -2.75. The number of hydrogen-bond acceptors (Lipinski definition) is 5. The van der Waals surface area contributed by atoms with Crippen molar-refractivity contribution in [1.82, 2.24) is 9.78 Å². The van der Waals surface area contributed by atoms with Crippen LogP contribution in [0.5, 0.6) is 5.75 Å². The van der Waals surface area contributed by atoms with Gasteiger partial charge in [-0.1, -0.05) is 0 Å². The number of nitrogens with one attached hydrogen (secondary N) is 3. The summed E-state index contributed by atoms with van der Waals surface area (Å²) in [6.07, 6.45) is 1.55. The third-order valence-corrected chi connectivity index (χ3v) is 4.88. The summed E-state index contributed by atoms with van der Waals surface area (Å²) in [5, 5.41) is 9.40. The molecule has 2 rings (SSSR count). The summed E-state index contributed by atoms with van der Waals surface area (Å²) in [6.45, 7) is 3.37. The topological polar surface area (TPSA) is 114 Å². The van der Waals surface area contributed by atoms with E-state index in [1.54, 1.807) is 24.0 Å². The first-order valence-electron chi connectivity index (χ1n) is 7.51. The maximum Gasteiger partial charge on any atom is 0.323 e. The summed E-state index contributed by atoms with van der Waals surface area (Å²) in [7, 11) is -0.227. The largest absolute Gasteiger partial charge is 0.494 e. The SMILES string of the molecule is CCS(=O)(=O)Nc1ccc(NC(=O)Nc2cnn(C)c2C)cc1OC. The first-order chi connectivity index (χ1) is 11.8. The van der Waals surface area contributed by atoms with Crippen LogP contribution < -0.4 is 20.1 Å². The lowest BCUT2D eigenvalue weighted by molar-refractivity contribution is 0.262. The predicted octanol–water partition coefficient (Wildman–Crippen LogP) is 2.14. The molecule has 9 nitrogen and oxygen atoms in total. The fraction of sp³-hybridized carbons (Fsp3) is 0.333. The first kappa shape index (κ1) is 18.6. The van der Waals surface area contributed by atoms with E-state index in [1.165, 1.54) is 26.2 Å². The summed E-state index contributed by atoms with van der Waals surface area (Å²) >= 11 is 0. The molecule has 2 amide bonds. The molecule has 1 aromatic heterocycles. The zero-order chi connectivity index (χ0) is 18.6. The smallest absolute Gasteiger partial charge is 0.323 e. The average Bonchev–Trinajstić information content (AvgIpc) is 2.88. The van der Waals surface area contributed by atoms with Gasteiger partial charge in [-0.3, -0.25) is 9.40 Å². The van der Waals surface area contributed by atoms with Gasteiger partial charge in [0.15, 0.2) is 0 Å². The van der Waals surface area contributed by atoms with E-state index >= 15 is 0 Å². The van der Waals surface area contributed by atoms with Crippen molar-refractivity contribution < 1.29 is 17.9 Å². The molecule has 136 valence electrons. The van der Waals surface area contributed by atoms with Crippen LogP contribution >= 0.6 is 0 Å². The lowest BCUT2D eigenvalue weighted by atomic mass is 10.2. The molecular formula is C15H21N5O4S. The van der Waals surface area contributed by atoms with Gasteiger partial charge in [-0.2, -0.15) is 5.10 Å². The highest BCUT2D eigenvalue weighted by Crippen LogP contribution is 2.29. The predicted molar refractivity (Wildman–Crippen MR) is 96.7 cm³/mol. The highest BCUT2D eigenvalue weighted by Gasteiger charge is 2.13. The van der Waals surface area contributed by atoms with Crippen molar-refractivity contribution in [1.29, 1.82) is 0 Å². The Morgan fingerprint density at radius 3 is 2.56 bits per heavy atom. The molecule has 10 heteroatoms. The van der Waals surface area contributed by atoms with Crippen molar-refractivity contribution in [3.63, 3.8) is 0 Å². The number of urea groups is 1. The maximum atomic E-state index is 12.1. The van der Waals surface area contributed by atoms with Crippen molar-refractivity contribution in [2.24, 2.45) is 7.05 Å². The number of aryl methyl sites for hydroxylation is 1. The number of carbonyl (C=O) groups is 1. The maximum absolute atomic E-state index is 12.1. The van der Waals surface area contributed by atoms with E-state index in [2.05, 4.69) is 20.5 Å². The second-order valence-electron chi connectivity index (χ2n) is 5.27. The summed E-state index contributed by atoms with van der Waals surface area (Å²) in [5.41, 5.74) is 2.17. The zero-order valence-electron chi connectivity index (χ0n) is 14.5. The second-order valence-corrected chi connectivity index (χ2v) is 7.28. The summed E-state index contributed by atoms with van der Waals surface area (Å²) < 4.78 is 32.6. The van der Waals surface area contributed by atoms with Crippen LogP contribution in [0, 0.1) is 6.92 Å². The van der Waals surface area contributed by atoms with Crippen molar-refractivity contribution in [2.75, 3.05) is 28.2 Å². The Bertz CT molecular complexity index is 876. The third-order valence-electron chi connectivity index (χ3n) is 3.59. The lowest BCUT2D eigenvalue weighted by Gasteiger charge is -2.13. The van der Waals surface area contributed by atoms with E-state index in [4.69, 9.17) is 4.74 Å². The van der Waals surface area contributed by atoms with Crippen LogP contribution in [0.2, 0.25) is 0 Å². The molecule has 0 saturated heterocycles. The molecule has 0 fully saturated rings. The van der Waals surface area contributed by atoms with Crippen molar-refractivity contribution >= 4 is 33.1 Å². The molecule has 0 saturated carbocycles. The minimum absolute atomic E-state index is 0.0526. The molecule has 0 aliphatic carbocycles. The standard InChI is InChI=1S/C15H21N5O4S/c1-5-25(22,23)19-12-7-6-11(8-14(12)24-4)17-15(21)18-13-9-16-20(3)10(13)2/h6-9,19H,5H2,1-4H3,(H2,17,18,21). The van der Waals surface area contributed by atoms with Gasteiger partial charge in [0.05, 0.1) is 36.1 Å². The number of carbonyl (C=O) groups excluding carboxylic acids is 1. The summed E-state index contributed by atoms with van der Waals surface area (Å²) in [6, 6.07) is 4.19. The fourth-order valence-corrected chi connectivity index (χ4v) is 2.65. The molecule has 2 aromatic rings. The van der Waals surface area contributed by atoms with Gasteiger partial charge < -0.3 is 15.4 Å². The second kappa shape index (κ2) is 7.43. The number of hydrogen-bond donors (Lipinski definition) is 3. The Morgan fingerprint density at radius 2 is 2.00 bits per heavy atom. The monoisotopic (exact) mass is 367 g/mol. The fourth-order valence-electron chi connectivity index (χ4n) is 2.00. The molecule has 0 aliphatic heterocycles. The molecule has 0 radical (unpaired) electrons. The molecule has 0 unspecified atom stereocenters. The van der Waals surface area contributed by atoms with E-state index in [9.17, 15) is 13.2 Å². The molecule has 0 aliphatic rings. The zero-order valence-corrected chi connectivity index (χ0v) is 15.3. The van der Waals surface area contributed by atoms with E-state index in [1.807, 2.05) is 6.92 Å². The highest BCUT2D eigenvalue weighted by atomic mass is 32.2. The minimum atomic E-state index is -3.42. The minimum Gasteiger partial charge on any atom is -0.494 e. The number of methoxy groups -OCH3 is 1. The van der Waals surface area contributed by atoms with Gasteiger partial charge in [0.1, 0.15) is 5.75 Å². The van der Waals surface area contributed by atoms with Crippen molar-refractivity contribution in [2.45, 2.75) is 13.8 Å². The van der Waals surface area contributed by atoms with Gasteiger partial charge >= 0.3 is 6.03 Å². The molecule has 25 heavy (non-hydrogen) atoms. The van der Waals surface area contributed by atoms with E-state index in [0.29, 0.717) is 22.8 Å². The molecule has 1 aromatic carbocycles. The van der Waals surface area contributed by atoms with Gasteiger partial charge in [-0.05, 0) is 26.0 Å². The number of anilines is 3. The number of sulfonamides is 1. The summed E-state index contributed by atoms with van der Waals surface area (Å²) in [4.78, 5) is 12.1. The molecular weight excluding hydrogens is 346 g/mol. The quantitative estimate of drug-likeness (QED) is 0.724. The molecule has 0 bridgehead atoms. The molecule has 1 heterocycles. The number of rotatable bonds is 6. The molecule has 0 spiro atoms. The van der Waals surface area contributed by atoms with E-state index in [0.717, 1.165) is 5.69 Å². The van der Waals surface area contributed by atoms with Crippen molar-refractivity contribution in [3.05, 3.63) is 30.1 Å². The Kier molecular flexibility index (Phi) is 5.52. The Labute approximate surface area is 146 Å². The van der Waals surface area contributed by atoms with Crippen LogP contribution in [0.15, 0.2) is 24.4 Å². The van der Waals surface area contributed by atoms with E-state index < -0.39 is 16.1 Å². The number of aromatic nitrogens is 2. The summed E-state index contributed by atoms with van der Waals surface area (Å²) in [5.74, 6) is 0.246. The van der Waals surface area contributed by atoms with Gasteiger partial charge in [0.25, 0.3) is 0 Å². The normalized spacial score (nSPS) is 11.0. The third kappa shape index (κ3) is 4.63. The van der Waals surface area contributed by atoms with Crippen molar-refractivity contribution in [3.8, 4) is 5.75 Å². The Morgan fingerprint density at radius 1 is 1.28 bits per heavy atom. The van der Waals surface area contributed by atoms with Gasteiger partial charge in [0.2, 0.25) is 10.0 Å². The van der Waals surface area contributed by atoms with Crippen LogP contribution in [0.3, 0.4) is 0 Å². The number of amides is 2. The van der Waals surface area contributed by atoms with E-state index in [-0.39, 0.29) is 5.75 Å². The first-order valence-corrected chi connectivity index (χ1v) is 9.16. The van der Waals surface area contributed by atoms with Gasteiger partial charge in [-0.15, -0.1) is 0 Å². The average molecular weight is 367 g/mol. The van der Waals surface area contributed by atoms with Crippen LogP contribution in [0.4, 0.5) is 21.9 Å². The van der Waals surface area contributed by atoms with Crippen LogP contribution in [0.1, 0.15) is 12.6 Å². The molecule has 3 N–H and O–H groups in total.